The summed E-state index contributed by atoms with van der Waals surface area (Å²) in [5.74, 6) is 2.19. The molecule has 1 fully saturated rings. The second-order valence-corrected chi connectivity index (χ2v) is 8.63. The molecule has 0 saturated carbocycles. The summed E-state index contributed by atoms with van der Waals surface area (Å²) in [6.07, 6.45) is 3.95. The molecule has 1 unspecified atom stereocenters. The van der Waals surface area contributed by atoms with Gasteiger partial charge in [-0.25, -0.2) is 0 Å². The molecule has 1 saturated heterocycles. The normalized spacial score (nSPS) is 14.6. The third-order valence-corrected chi connectivity index (χ3v) is 6.16. The summed E-state index contributed by atoms with van der Waals surface area (Å²) in [5.41, 5.74) is 0.664. The van der Waals surface area contributed by atoms with E-state index in [2.05, 4.69) is 20.4 Å². The molecule has 0 spiro atoms. The number of amides is 1. The Kier molecular flexibility index (Phi) is 6.81. The van der Waals surface area contributed by atoms with Crippen LogP contribution in [0, 0.1) is 0 Å². The number of furan rings is 1. The van der Waals surface area contributed by atoms with Gasteiger partial charge in [0, 0.05) is 13.1 Å². The molecule has 4 rings (SSSR count). The molecule has 8 nitrogen and oxygen atoms in total. The summed E-state index contributed by atoms with van der Waals surface area (Å²) in [5, 5.41) is 12.1. The first-order chi connectivity index (χ1) is 15.2. The van der Waals surface area contributed by atoms with Crippen LogP contribution >= 0.6 is 11.8 Å². The SMILES string of the molecule is CCOc1ccccc1NC(=O)C(C)Sc1nnc(N2CCCC2)n1Cc1ccco1. The van der Waals surface area contributed by atoms with Gasteiger partial charge in [0.05, 0.1) is 30.4 Å². The molecule has 0 aliphatic carbocycles. The average molecular weight is 442 g/mol. The lowest BCUT2D eigenvalue weighted by atomic mass is 10.3. The molecule has 0 bridgehead atoms. The van der Waals surface area contributed by atoms with Crippen molar-refractivity contribution in [2.75, 3.05) is 29.9 Å². The number of nitrogens with one attached hydrogen (secondary N) is 1. The van der Waals surface area contributed by atoms with Gasteiger partial charge in [-0.1, -0.05) is 23.9 Å². The number of anilines is 2. The molecule has 1 aromatic carbocycles. The summed E-state index contributed by atoms with van der Waals surface area (Å²) in [4.78, 5) is 15.1. The first-order valence-corrected chi connectivity index (χ1v) is 11.4. The van der Waals surface area contributed by atoms with E-state index in [0.717, 1.165) is 37.6 Å². The van der Waals surface area contributed by atoms with Crippen LogP contribution in [-0.4, -0.2) is 45.6 Å². The third-order valence-electron chi connectivity index (χ3n) is 5.08. The van der Waals surface area contributed by atoms with E-state index in [1.165, 1.54) is 11.8 Å². The number of hydrogen-bond donors (Lipinski definition) is 1. The van der Waals surface area contributed by atoms with Gasteiger partial charge in [0.2, 0.25) is 11.9 Å². The van der Waals surface area contributed by atoms with Crippen LogP contribution in [0.3, 0.4) is 0 Å². The molecular formula is C22H27N5O3S. The van der Waals surface area contributed by atoms with E-state index in [1.54, 1.807) is 6.26 Å². The number of thioether (sulfide) groups is 1. The van der Waals surface area contributed by atoms with Crippen molar-refractivity contribution in [2.24, 2.45) is 0 Å². The monoisotopic (exact) mass is 441 g/mol. The summed E-state index contributed by atoms with van der Waals surface area (Å²) in [6.45, 7) is 6.77. The van der Waals surface area contributed by atoms with Gasteiger partial charge in [-0.05, 0) is 51.0 Å². The van der Waals surface area contributed by atoms with E-state index in [4.69, 9.17) is 9.15 Å². The van der Waals surface area contributed by atoms with Crippen molar-refractivity contribution >= 4 is 29.3 Å². The molecule has 2 aromatic heterocycles. The van der Waals surface area contributed by atoms with Gasteiger partial charge in [0.15, 0.2) is 5.16 Å². The Morgan fingerprint density at radius 3 is 2.77 bits per heavy atom. The maximum atomic E-state index is 12.9. The molecule has 1 amide bonds. The minimum atomic E-state index is -0.374. The van der Waals surface area contributed by atoms with E-state index < -0.39 is 0 Å². The molecule has 3 aromatic rings. The highest BCUT2D eigenvalue weighted by Crippen LogP contribution is 2.30. The fourth-order valence-corrected chi connectivity index (χ4v) is 4.36. The molecule has 1 aliphatic heterocycles. The van der Waals surface area contributed by atoms with E-state index in [9.17, 15) is 4.79 Å². The highest BCUT2D eigenvalue weighted by Gasteiger charge is 2.25. The number of benzene rings is 1. The van der Waals surface area contributed by atoms with Crippen molar-refractivity contribution in [3.8, 4) is 5.75 Å². The predicted octanol–water partition coefficient (Wildman–Crippen LogP) is 4.04. The zero-order valence-corrected chi connectivity index (χ0v) is 18.6. The first-order valence-electron chi connectivity index (χ1n) is 10.6. The van der Waals surface area contributed by atoms with Crippen molar-refractivity contribution in [1.29, 1.82) is 0 Å². The van der Waals surface area contributed by atoms with E-state index in [0.29, 0.717) is 29.7 Å². The smallest absolute Gasteiger partial charge is 0.237 e. The van der Waals surface area contributed by atoms with Crippen LogP contribution in [0.1, 0.15) is 32.4 Å². The fraction of sp³-hybridized carbons (Fsp3) is 0.409. The Labute approximate surface area is 186 Å². The fourth-order valence-electron chi connectivity index (χ4n) is 3.51. The van der Waals surface area contributed by atoms with Gasteiger partial charge in [-0.3, -0.25) is 9.36 Å². The summed E-state index contributed by atoms with van der Waals surface area (Å²) < 4.78 is 13.2. The Hall–Kier alpha value is -2.94. The highest BCUT2D eigenvalue weighted by atomic mass is 32.2. The predicted molar refractivity (Wildman–Crippen MR) is 121 cm³/mol. The molecule has 1 N–H and O–H groups in total. The van der Waals surface area contributed by atoms with Gasteiger partial charge < -0.3 is 19.4 Å². The molecule has 31 heavy (non-hydrogen) atoms. The van der Waals surface area contributed by atoms with E-state index in [-0.39, 0.29) is 11.2 Å². The van der Waals surface area contributed by atoms with Gasteiger partial charge in [-0.2, -0.15) is 0 Å². The van der Waals surface area contributed by atoms with Crippen molar-refractivity contribution in [3.63, 3.8) is 0 Å². The quantitative estimate of drug-likeness (QED) is 0.502. The minimum absolute atomic E-state index is 0.118. The Morgan fingerprint density at radius 2 is 2.03 bits per heavy atom. The Morgan fingerprint density at radius 1 is 1.23 bits per heavy atom. The van der Waals surface area contributed by atoms with E-state index in [1.807, 2.05) is 54.8 Å². The second kappa shape index (κ2) is 9.91. The van der Waals surface area contributed by atoms with Crippen molar-refractivity contribution in [3.05, 3.63) is 48.4 Å². The standard InChI is InChI=1S/C22H27N5O3S/c1-3-29-19-11-5-4-10-18(19)23-20(28)16(2)31-22-25-24-21(26-12-6-7-13-26)27(22)15-17-9-8-14-30-17/h4-5,8-11,14,16H,3,6-7,12-13,15H2,1-2H3,(H,23,28). The van der Waals surface area contributed by atoms with Crippen LogP contribution in [0.2, 0.25) is 0 Å². The maximum absolute atomic E-state index is 12.9. The first kappa shape index (κ1) is 21.3. The molecule has 164 valence electrons. The maximum Gasteiger partial charge on any atom is 0.237 e. The Balaban J connectivity index is 1.51. The van der Waals surface area contributed by atoms with E-state index >= 15 is 0 Å². The lowest BCUT2D eigenvalue weighted by Crippen LogP contribution is -2.24. The van der Waals surface area contributed by atoms with Crippen LogP contribution in [0.25, 0.3) is 0 Å². The summed E-state index contributed by atoms with van der Waals surface area (Å²) in [7, 11) is 0. The van der Waals surface area contributed by atoms with Crippen LogP contribution in [0.5, 0.6) is 5.75 Å². The summed E-state index contributed by atoms with van der Waals surface area (Å²) >= 11 is 1.39. The molecule has 1 aliphatic rings. The van der Waals surface area contributed by atoms with Crippen LogP contribution in [0.15, 0.2) is 52.2 Å². The van der Waals surface area contributed by atoms with Crippen LogP contribution in [0.4, 0.5) is 11.6 Å². The minimum Gasteiger partial charge on any atom is -0.492 e. The van der Waals surface area contributed by atoms with Gasteiger partial charge in [0.25, 0.3) is 0 Å². The number of hydrogen-bond acceptors (Lipinski definition) is 7. The van der Waals surface area contributed by atoms with Gasteiger partial charge in [-0.15, -0.1) is 10.2 Å². The number of para-hydroxylation sites is 2. The van der Waals surface area contributed by atoms with Gasteiger partial charge >= 0.3 is 0 Å². The number of carbonyl (C=O) groups excluding carboxylic acids is 1. The number of rotatable bonds is 9. The second-order valence-electron chi connectivity index (χ2n) is 7.32. The molecular weight excluding hydrogens is 414 g/mol. The topological polar surface area (TPSA) is 85.4 Å². The van der Waals surface area contributed by atoms with Crippen molar-refractivity contribution in [1.82, 2.24) is 14.8 Å². The van der Waals surface area contributed by atoms with Crippen molar-refractivity contribution in [2.45, 2.75) is 43.6 Å². The molecule has 0 radical (unpaired) electrons. The average Bonchev–Trinajstić information content (AvgIpc) is 3.53. The van der Waals surface area contributed by atoms with Crippen LogP contribution in [-0.2, 0) is 11.3 Å². The number of ether oxygens (including phenoxy) is 1. The zero-order chi connectivity index (χ0) is 21.6. The lowest BCUT2D eigenvalue weighted by Gasteiger charge is -2.18. The number of nitrogens with zero attached hydrogens (tertiary/aromatic N) is 4. The van der Waals surface area contributed by atoms with Crippen molar-refractivity contribution < 1.29 is 13.9 Å². The highest BCUT2D eigenvalue weighted by molar-refractivity contribution is 8.00. The zero-order valence-electron chi connectivity index (χ0n) is 17.8. The Bertz CT molecular complexity index is 999. The lowest BCUT2D eigenvalue weighted by molar-refractivity contribution is -0.115. The molecule has 1 atom stereocenters. The van der Waals surface area contributed by atoms with Gasteiger partial charge in [0.1, 0.15) is 11.5 Å². The molecule has 9 heteroatoms. The summed E-state index contributed by atoms with van der Waals surface area (Å²) in [6, 6.07) is 11.2. The molecule has 3 heterocycles. The largest absolute Gasteiger partial charge is 0.492 e. The number of aromatic nitrogens is 3. The van der Waals surface area contributed by atoms with Crippen LogP contribution < -0.4 is 15.0 Å². The number of carbonyl (C=O) groups is 1. The third kappa shape index (κ3) is 5.04.